The molecule has 0 aliphatic carbocycles. The van der Waals surface area contributed by atoms with Gasteiger partial charge in [-0.25, -0.2) is 4.98 Å². The van der Waals surface area contributed by atoms with Crippen molar-refractivity contribution >= 4 is 38.7 Å². The van der Waals surface area contributed by atoms with Gasteiger partial charge in [0.05, 0.1) is 10.9 Å². The van der Waals surface area contributed by atoms with Crippen LogP contribution in [0.25, 0.3) is 17.0 Å². The largest absolute Gasteiger partial charge is 0.303 e. The van der Waals surface area contributed by atoms with E-state index >= 15 is 0 Å². The lowest BCUT2D eigenvalue weighted by molar-refractivity contribution is 0.103. The van der Waals surface area contributed by atoms with Gasteiger partial charge in [0.1, 0.15) is 0 Å². The number of rotatable bonds is 3. The summed E-state index contributed by atoms with van der Waals surface area (Å²) in [7, 11) is 0. The lowest BCUT2D eigenvalue weighted by atomic mass is 10.2. The molecule has 0 fully saturated rings. The van der Waals surface area contributed by atoms with Gasteiger partial charge in [0.25, 0.3) is 5.56 Å². The fourth-order valence-corrected chi connectivity index (χ4v) is 2.29. The molecule has 0 atom stereocenters. The van der Waals surface area contributed by atoms with Gasteiger partial charge in [0, 0.05) is 4.47 Å². The Labute approximate surface area is 134 Å². The highest BCUT2D eigenvalue weighted by Gasteiger charge is 2.08. The number of ketones is 1. The molecular formula is C17H11BrN2O2. The quantitative estimate of drug-likeness (QED) is 0.577. The van der Waals surface area contributed by atoms with Crippen molar-refractivity contribution in [2.75, 3.05) is 0 Å². The fourth-order valence-electron chi connectivity index (χ4n) is 2.03. The summed E-state index contributed by atoms with van der Waals surface area (Å²) in [5.41, 5.74) is 1.08. The molecule has 3 rings (SSSR count). The van der Waals surface area contributed by atoms with E-state index in [0.717, 1.165) is 10.0 Å². The van der Waals surface area contributed by atoms with Crippen molar-refractivity contribution in [3.05, 3.63) is 80.8 Å². The molecule has 0 aliphatic rings. The van der Waals surface area contributed by atoms with Gasteiger partial charge in [0.15, 0.2) is 5.82 Å². The van der Waals surface area contributed by atoms with Crippen LogP contribution in [0.3, 0.4) is 0 Å². The monoisotopic (exact) mass is 354 g/mol. The summed E-state index contributed by atoms with van der Waals surface area (Å²) in [6.07, 6.45) is 3.08. The van der Waals surface area contributed by atoms with Gasteiger partial charge in [-0.05, 0) is 35.9 Å². The molecule has 2 aromatic carbocycles. The molecule has 0 unspecified atom stereocenters. The maximum absolute atomic E-state index is 12.2. The third-order valence-electron chi connectivity index (χ3n) is 3.14. The summed E-state index contributed by atoms with van der Waals surface area (Å²) in [5, 5.41) is 0.468. The summed E-state index contributed by atoms with van der Waals surface area (Å²) in [4.78, 5) is 30.8. The SMILES string of the molecule is O=C(/C=C/c1ccc(Br)cc1)c1nc2ccccc2c(=O)[nH]1. The summed E-state index contributed by atoms with van der Waals surface area (Å²) in [6.45, 7) is 0. The summed E-state index contributed by atoms with van der Waals surface area (Å²) >= 11 is 3.35. The molecule has 0 spiro atoms. The standard InChI is InChI=1S/C17H11BrN2O2/c18-12-8-5-11(6-9-12)7-10-15(21)16-19-14-4-2-1-3-13(14)17(22)20-16/h1-10H,(H,19,20,22)/b10-7+. The maximum Gasteiger partial charge on any atom is 0.259 e. The third kappa shape index (κ3) is 3.04. The molecule has 1 heterocycles. The van der Waals surface area contributed by atoms with Crippen LogP contribution in [-0.2, 0) is 0 Å². The number of aromatic amines is 1. The van der Waals surface area contributed by atoms with Crippen LogP contribution in [-0.4, -0.2) is 15.8 Å². The highest BCUT2D eigenvalue weighted by molar-refractivity contribution is 9.10. The molecule has 108 valence electrons. The average Bonchev–Trinajstić information content (AvgIpc) is 2.54. The van der Waals surface area contributed by atoms with E-state index in [2.05, 4.69) is 25.9 Å². The normalized spacial score (nSPS) is 11.1. The molecule has 5 heteroatoms. The Morgan fingerprint density at radius 1 is 1.09 bits per heavy atom. The first kappa shape index (κ1) is 14.4. The van der Waals surface area contributed by atoms with Crippen molar-refractivity contribution in [2.24, 2.45) is 0 Å². The number of allylic oxidation sites excluding steroid dienone is 1. The lowest BCUT2D eigenvalue weighted by Gasteiger charge is -1.99. The minimum Gasteiger partial charge on any atom is -0.303 e. The van der Waals surface area contributed by atoms with Crippen LogP contribution in [0.1, 0.15) is 16.2 Å². The van der Waals surface area contributed by atoms with Crippen molar-refractivity contribution in [1.29, 1.82) is 0 Å². The number of hydrogen-bond donors (Lipinski definition) is 1. The van der Waals surface area contributed by atoms with E-state index in [1.165, 1.54) is 6.08 Å². The number of carbonyl (C=O) groups excluding carboxylic acids is 1. The molecule has 0 aliphatic heterocycles. The Balaban J connectivity index is 1.92. The van der Waals surface area contributed by atoms with E-state index in [9.17, 15) is 9.59 Å². The summed E-state index contributed by atoms with van der Waals surface area (Å²) in [6, 6.07) is 14.5. The number of fused-ring (bicyclic) bond motifs is 1. The molecule has 0 radical (unpaired) electrons. The number of nitrogens with zero attached hydrogens (tertiary/aromatic N) is 1. The molecule has 0 saturated carbocycles. The van der Waals surface area contributed by atoms with Crippen LogP contribution in [0.4, 0.5) is 0 Å². The second-order valence-corrected chi connectivity index (χ2v) is 5.60. The smallest absolute Gasteiger partial charge is 0.259 e. The highest BCUT2D eigenvalue weighted by Crippen LogP contribution is 2.12. The Hall–Kier alpha value is -2.53. The number of benzene rings is 2. The second-order valence-electron chi connectivity index (χ2n) is 4.68. The Bertz CT molecular complexity index is 927. The topological polar surface area (TPSA) is 62.8 Å². The molecule has 0 bridgehead atoms. The van der Waals surface area contributed by atoms with Crippen molar-refractivity contribution in [3.8, 4) is 0 Å². The van der Waals surface area contributed by atoms with Crippen LogP contribution in [0, 0.1) is 0 Å². The molecule has 4 nitrogen and oxygen atoms in total. The Morgan fingerprint density at radius 3 is 2.59 bits per heavy atom. The Kier molecular flexibility index (Phi) is 3.98. The fraction of sp³-hybridized carbons (Fsp3) is 0. The van der Waals surface area contributed by atoms with Gasteiger partial charge in [0.2, 0.25) is 5.78 Å². The number of nitrogens with one attached hydrogen (secondary N) is 1. The zero-order chi connectivity index (χ0) is 15.5. The van der Waals surface area contributed by atoms with E-state index in [-0.39, 0.29) is 17.2 Å². The highest BCUT2D eigenvalue weighted by atomic mass is 79.9. The first-order valence-electron chi connectivity index (χ1n) is 6.60. The predicted molar refractivity (Wildman–Crippen MR) is 89.9 cm³/mol. The summed E-state index contributed by atoms with van der Waals surface area (Å²) < 4.78 is 0.969. The zero-order valence-corrected chi connectivity index (χ0v) is 13.0. The molecular weight excluding hydrogens is 344 g/mol. The van der Waals surface area contributed by atoms with Crippen LogP contribution < -0.4 is 5.56 Å². The van der Waals surface area contributed by atoms with E-state index in [0.29, 0.717) is 10.9 Å². The maximum atomic E-state index is 12.2. The number of halogens is 1. The van der Waals surface area contributed by atoms with E-state index in [1.54, 1.807) is 30.3 Å². The average molecular weight is 355 g/mol. The first-order chi connectivity index (χ1) is 10.6. The minimum absolute atomic E-state index is 0.0389. The molecule has 22 heavy (non-hydrogen) atoms. The van der Waals surface area contributed by atoms with Gasteiger partial charge >= 0.3 is 0 Å². The number of H-pyrrole nitrogens is 1. The first-order valence-corrected chi connectivity index (χ1v) is 7.40. The zero-order valence-electron chi connectivity index (χ0n) is 11.4. The van der Waals surface area contributed by atoms with E-state index in [1.807, 2.05) is 24.3 Å². The van der Waals surface area contributed by atoms with E-state index < -0.39 is 0 Å². The lowest BCUT2D eigenvalue weighted by Crippen LogP contribution is -2.14. The van der Waals surface area contributed by atoms with Crippen molar-refractivity contribution in [3.63, 3.8) is 0 Å². The number of para-hydroxylation sites is 1. The third-order valence-corrected chi connectivity index (χ3v) is 3.67. The molecule has 0 amide bonds. The number of carbonyl (C=O) groups is 1. The molecule has 1 aromatic heterocycles. The second kappa shape index (κ2) is 6.07. The van der Waals surface area contributed by atoms with Crippen molar-refractivity contribution in [2.45, 2.75) is 0 Å². The van der Waals surface area contributed by atoms with Gasteiger partial charge in [-0.15, -0.1) is 0 Å². The molecule has 1 N–H and O–H groups in total. The van der Waals surface area contributed by atoms with Gasteiger partial charge in [-0.3, -0.25) is 9.59 Å². The van der Waals surface area contributed by atoms with Crippen LogP contribution in [0.15, 0.2) is 63.9 Å². The minimum atomic E-state index is -0.342. The van der Waals surface area contributed by atoms with Gasteiger partial charge in [-0.1, -0.05) is 46.3 Å². The molecule has 3 aromatic rings. The summed E-state index contributed by atoms with van der Waals surface area (Å²) in [5.74, 6) is -0.303. The predicted octanol–water partition coefficient (Wildman–Crippen LogP) is 3.58. The molecule has 0 saturated heterocycles. The van der Waals surface area contributed by atoms with Gasteiger partial charge < -0.3 is 4.98 Å². The van der Waals surface area contributed by atoms with Crippen LogP contribution in [0.2, 0.25) is 0 Å². The Morgan fingerprint density at radius 2 is 1.82 bits per heavy atom. The van der Waals surface area contributed by atoms with Gasteiger partial charge in [-0.2, -0.15) is 0 Å². The number of hydrogen-bond acceptors (Lipinski definition) is 3. The van der Waals surface area contributed by atoms with Crippen molar-refractivity contribution < 1.29 is 4.79 Å². The van der Waals surface area contributed by atoms with E-state index in [4.69, 9.17) is 0 Å². The van der Waals surface area contributed by atoms with Crippen LogP contribution in [0.5, 0.6) is 0 Å². The van der Waals surface area contributed by atoms with Crippen molar-refractivity contribution in [1.82, 2.24) is 9.97 Å². The van der Waals surface area contributed by atoms with Crippen LogP contribution >= 0.6 is 15.9 Å². The number of aromatic nitrogens is 2.